The first kappa shape index (κ1) is 21.0. The Kier molecular flexibility index (Phi) is 6.19. The van der Waals surface area contributed by atoms with Crippen LogP contribution in [0.15, 0.2) is 41.4 Å². The largest absolute Gasteiger partial charge is 0.355 e. The molecule has 0 saturated carbocycles. The lowest BCUT2D eigenvalue weighted by Gasteiger charge is -2.31. The molecule has 0 aliphatic carbocycles. The van der Waals surface area contributed by atoms with Gasteiger partial charge in [0.25, 0.3) is 10.0 Å². The molecule has 0 amide bonds. The van der Waals surface area contributed by atoms with Gasteiger partial charge in [-0.25, -0.2) is 22.2 Å². The summed E-state index contributed by atoms with van der Waals surface area (Å²) in [6.07, 6.45) is 7.28. The van der Waals surface area contributed by atoms with Crippen molar-refractivity contribution in [3.8, 4) is 0 Å². The first-order valence-electron chi connectivity index (χ1n) is 10.4. The maximum Gasteiger partial charge on any atom is 0.263 e. The molecule has 30 heavy (non-hydrogen) atoms. The topological polar surface area (TPSA) is 65.5 Å². The number of pyridine rings is 1. The highest BCUT2D eigenvalue weighted by Gasteiger charge is 2.26. The Hall–Kier alpha value is -2.26. The molecule has 2 aliphatic rings. The Morgan fingerprint density at radius 2 is 1.73 bits per heavy atom. The summed E-state index contributed by atoms with van der Waals surface area (Å²) >= 11 is 0. The molecule has 2 aliphatic heterocycles. The van der Waals surface area contributed by atoms with E-state index in [1.54, 1.807) is 6.07 Å². The Morgan fingerprint density at radius 1 is 0.967 bits per heavy atom. The molecule has 9 heteroatoms. The quantitative estimate of drug-likeness (QED) is 0.776. The second kappa shape index (κ2) is 8.85. The van der Waals surface area contributed by atoms with Gasteiger partial charge in [-0.05, 0) is 63.0 Å². The lowest BCUT2D eigenvalue weighted by molar-refractivity contribution is 0.236. The average Bonchev–Trinajstić information content (AvgIpc) is 3.15. The number of rotatable bonds is 5. The number of aromatic nitrogens is 1. The summed E-state index contributed by atoms with van der Waals surface area (Å²) in [6, 6.07) is 6.59. The zero-order valence-corrected chi connectivity index (χ0v) is 17.5. The zero-order chi connectivity index (χ0) is 21.1. The molecule has 3 heterocycles. The van der Waals surface area contributed by atoms with Gasteiger partial charge < -0.3 is 4.90 Å². The highest BCUT2D eigenvalue weighted by Crippen LogP contribution is 2.24. The zero-order valence-electron chi connectivity index (χ0n) is 16.7. The minimum Gasteiger partial charge on any atom is -0.355 e. The van der Waals surface area contributed by atoms with Gasteiger partial charge in [-0.1, -0.05) is 6.42 Å². The number of nitrogens with zero attached hydrogens (tertiary/aromatic N) is 3. The van der Waals surface area contributed by atoms with Gasteiger partial charge in [-0.2, -0.15) is 0 Å². The summed E-state index contributed by atoms with van der Waals surface area (Å²) in [6.45, 7) is 4.10. The standard InChI is InChI=1S/C21H26F2N4O2S/c22-19-8-6-16(13-20(19)23)25-30(28,29)18-7-9-21(24-14-18)27-12-2-1-5-17(15-27)26-10-3-4-11-26/h6-9,13-14,17,25H,1-5,10-12,15H2. The molecule has 2 fully saturated rings. The molecule has 2 saturated heterocycles. The predicted octanol–water partition coefficient (Wildman–Crippen LogP) is 3.62. The number of anilines is 2. The van der Waals surface area contributed by atoms with Gasteiger partial charge >= 0.3 is 0 Å². The fraction of sp³-hybridized carbons (Fsp3) is 0.476. The smallest absolute Gasteiger partial charge is 0.263 e. The van der Waals surface area contributed by atoms with E-state index in [9.17, 15) is 17.2 Å². The third kappa shape index (κ3) is 4.73. The van der Waals surface area contributed by atoms with Crippen molar-refractivity contribution in [2.75, 3.05) is 35.8 Å². The Labute approximate surface area is 176 Å². The normalized spacial score (nSPS) is 20.9. The van der Waals surface area contributed by atoms with E-state index < -0.39 is 21.7 Å². The van der Waals surface area contributed by atoms with Crippen molar-refractivity contribution in [1.82, 2.24) is 9.88 Å². The summed E-state index contributed by atoms with van der Waals surface area (Å²) in [7, 11) is -3.95. The van der Waals surface area contributed by atoms with E-state index in [2.05, 4.69) is 19.5 Å². The van der Waals surface area contributed by atoms with Gasteiger partial charge in [0, 0.05) is 31.4 Å². The van der Waals surface area contributed by atoms with E-state index in [-0.39, 0.29) is 10.6 Å². The monoisotopic (exact) mass is 436 g/mol. The van der Waals surface area contributed by atoms with E-state index in [0.717, 1.165) is 50.6 Å². The number of nitrogens with one attached hydrogen (secondary N) is 1. The molecule has 162 valence electrons. The molecule has 0 radical (unpaired) electrons. The minimum absolute atomic E-state index is 0.0260. The lowest BCUT2D eigenvalue weighted by Crippen LogP contribution is -2.41. The van der Waals surface area contributed by atoms with E-state index in [0.29, 0.717) is 6.04 Å². The molecule has 0 bridgehead atoms. The predicted molar refractivity (Wildman–Crippen MR) is 112 cm³/mol. The van der Waals surface area contributed by atoms with Gasteiger partial charge in [0.05, 0.1) is 5.69 Å². The van der Waals surface area contributed by atoms with Crippen molar-refractivity contribution >= 4 is 21.5 Å². The Balaban J connectivity index is 1.47. The van der Waals surface area contributed by atoms with Crippen LogP contribution in [0.4, 0.5) is 20.3 Å². The maximum atomic E-state index is 13.4. The third-order valence-corrected chi connectivity index (χ3v) is 7.20. The van der Waals surface area contributed by atoms with Crippen LogP contribution in [0.1, 0.15) is 32.1 Å². The van der Waals surface area contributed by atoms with Gasteiger partial charge in [-0.3, -0.25) is 9.62 Å². The van der Waals surface area contributed by atoms with Crippen LogP contribution >= 0.6 is 0 Å². The molecule has 1 aromatic carbocycles. The number of hydrogen-bond acceptors (Lipinski definition) is 5. The lowest BCUT2D eigenvalue weighted by atomic mass is 10.1. The second-order valence-electron chi connectivity index (χ2n) is 7.93. The maximum absolute atomic E-state index is 13.4. The summed E-state index contributed by atoms with van der Waals surface area (Å²) in [4.78, 5) is 9.16. The van der Waals surface area contributed by atoms with Crippen molar-refractivity contribution < 1.29 is 17.2 Å². The number of sulfonamides is 1. The summed E-state index contributed by atoms with van der Waals surface area (Å²) in [5, 5.41) is 0. The van der Waals surface area contributed by atoms with Gasteiger partial charge in [0.15, 0.2) is 11.6 Å². The van der Waals surface area contributed by atoms with Gasteiger partial charge in [-0.15, -0.1) is 0 Å². The summed E-state index contributed by atoms with van der Waals surface area (Å²) in [5.41, 5.74) is -0.0426. The van der Waals surface area contributed by atoms with Crippen molar-refractivity contribution in [3.05, 3.63) is 48.2 Å². The molecule has 0 spiro atoms. The number of halogens is 2. The first-order valence-corrected chi connectivity index (χ1v) is 11.8. The first-order chi connectivity index (χ1) is 14.4. The molecule has 2 aromatic rings. The Bertz CT molecular complexity index is 979. The molecule has 4 rings (SSSR count). The van der Waals surface area contributed by atoms with Crippen LogP contribution < -0.4 is 9.62 Å². The minimum atomic E-state index is -3.95. The van der Waals surface area contributed by atoms with Crippen molar-refractivity contribution in [2.45, 2.75) is 43.0 Å². The fourth-order valence-electron chi connectivity index (χ4n) is 4.22. The number of benzene rings is 1. The highest BCUT2D eigenvalue weighted by molar-refractivity contribution is 7.92. The Morgan fingerprint density at radius 3 is 2.43 bits per heavy atom. The van der Waals surface area contributed by atoms with Crippen LogP contribution in [0.3, 0.4) is 0 Å². The highest BCUT2D eigenvalue weighted by atomic mass is 32.2. The fourth-order valence-corrected chi connectivity index (χ4v) is 5.22. The van der Waals surface area contributed by atoms with E-state index in [1.807, 2.05) is 0 Å². The molecule has 1 atom stereocenters. The number of likely N-dealkylation sites (tertiary alicyclic amines) is 1. The van der Waals surface area contributed by atoms with Gasteiger partial charge in [0.2, 0.25) is 0 Å². The van der Waals surface area contributed by atoms with Crippen molar-refractivity contribution in [3.63, 3.8) is 0 Å². The van der Waals surface area contributed by atoms with Crippen LogP contribution in [0, 0.1) is 11.6 Å². The van der Waals surface area contributed by atoms with Crippen molar-refractivity contribution in [1.29, 1.82) is 0 Å². The molecule has 1 N–H and O–H groups in total. The van der Waals surface area contributed by atoms with Crippen LogP contribution in [-0.2, 0) is 10.0 Å². The molecule has 1 aromatic heterocycles. The van der Waals surface area contributed by atoms with Crippen LogP contribution in [0.2, 0.25) is 0 Å². The molecular weight excluding hydrogens is 410 g/mol. The molecular formula is C21H26F2N4O2S. The van der Waals surface area contributed by atoms with Crippen LogP contribution in [0.5, 0.6) is 0 Å². The molecule has 1 unspecified atom stereocenters. The van der Waals surface area contributed by atoms with E-state index >= 15 is 0 Å². The van der Waals surface area contributed by atoms with Gasteiger partial charge in [0.1, 0.15) is 10.7 Å². The SMILES string of the molecule is O=S(=O)(Nc1ccc(F)c(F)c1)c1ccc(N2CCCCC(N3CCCC3)C2)nc1. The third-order valence-electron chi connectivity index (χ3n) is 5.83. The summed E-state index contributed by atoms with van der Waals surface area (Å²) < 4.78 is 53.8. The van der Waals surface area contributed by atoms with Crippen LogP contribution in [0.25, 0.3) is 0 Å². The summed E-state index contributed by atoms with van der Waals surface area (Å²) in [5.74, 6) is -1.39. The number of hydrogen-bond donors (Lipinski definition) is 1. The molecule has 6 nitrogen and oxygen atoms in total. The average molecular weight is 437 g/mol. The van der Waals surface area contributed by atoms with Crippen LogP contribution in [-0.4, -0.2) is 50.5 Å². The second-order valence-corrected chi connectivity index (χ2v) is 9.61. The van der Waals surface area contributed by atoms with E-state index in [1.165, 1.54) is 44.0 Å². The van der Waals surface area contributed by atoms with E-state index in [4.69, 9.17) is 0 Å². The van der Waals surface area contributed by atoms with Crippen molar-refractivity contribution in [2.24, 2.45) is 0 Å².